The molecule has 2 amide bonds. The lowest BCUT2D eigenvalue weighted by atomic mass is 10.0. The van der Waals surface area contributed by atoms with Gasteiger partial charge in [-0.1, -0.05) is 42.5 Å². The van der Waals surface area contributed by atoms with Gasteiger partial charge in [-0.2, -0.15) is 0 Å². The number of morpholine rings is 1. The molecular formula is C27H29N3O4. The van der Waals surface area contributed by atoms with Crippen LogP contribution in [-0.2, 0) is 9.53 Å². The lowest BCUT2D eigenvalue weighted by molar-refractivity contribution is -0.122. The van der Waals surface area contributed by atoms with Crippen molar-refractivity contribution < 1.29 is 19.1 Å². The van der Waals surface area contributed by atoms with Gasteiger partial charge in [0.2, 0.25) is 5.91 Å². The van der Waals surface area contributed by atoms with E-state index in [1.165, 1.54) is 0 Å². The van der Waals surface area contributed by atoms with Gasteiger partial charge in [-0.05, 0) is 42.3 Å². The number of ether oxygens (including phenoxy) is 2. The molecule has 0 saturated carbocycles. The summed E-state index contributed by atoms with van der Waals surface area (Å²) in [5.41, 5.74) is 3.63. The summed E-state index contributed by atoms with van der Waals surface area (Å²) < 4.78 is 10.7. The fourth-order valence-corrected chi connectivity index (χ4v) is 3.87. The number of anilines is 2. The van der Waals surface area contributed by atoms with E-state index in [1.54, 1.807) is 37.4 Å². The zero-order chi connectivity index (χ0) is 23.9. The minimum Gasteiger partial charge on any atom is -0.497 e. The van der Waals surface area contributed by atoms with Gasteiger partial charge >= 0.3 is 0 Å². The fourth-order valence-electron chi connectivity index (χ4n) is 3.87. The first-order chi connectivity index (χ1) is 16.5. The van der Waals surface area contributed by atoms with Crippen LogP contribution in [0.4, 0.5) is 11.4 Å². The van der Waals surface area contributed by atoms with Gasteiger partial charge in [0, 0.05) is 24.7 Å². The van der Waals surface area contributed by atoms with Gasteiger partial charge in [0.25, 0.3) is 5.91 Å². The van der Waals surface area contributed by atoms with Crippen LogP contribution in [0.15, 0.2) is 72.8 Å². The maximum Gasteiger partial charge on any atom is 0.255 e. The van der Waals surface area contributed by atoms with Crippen molar-refractivity contribution in [3.63, 3.8) is 0 Å². The first-order valence-corrected chi connectivity index (χ1v) is 11.3. The molecule has 0 radical (unpaired) electrons. The standard InChI is InChI=1S/C27H29N3O4/c1-19(30-14-16-34-17-15-30)26(31)29-25-18-23(33-2)12-13-24(25)28-27(32)22-10-8-21(9-11-22)20-6-4-3-5-7-20/h3-13,18-19H,14-17H2,1-2H3,(H,28,32)(H,29,31)/t19-/m0/s1. The van der Waals surface area contributed by atoms with Gasteiger partial charge in [0.05, 0.1) is 37.7 Å². The molecule has 3 aromatic rings. The molecule has 0 aromatic heterocycles. The Morgan fingerprint density at radius 3 is 2.24 bits per heavy atom. The minimum absolute atomic E-state index is 0.155. The zero-order valence-corrected chi connectivity index (χ0v) is 19.4. The third-order valence-corrected chi connectivity index (χ3v) is 5.96. The van der Waals surface area contributed by atoms with Crippen LogP contribution in [0.1, 0.15) is 17.3 Å². The number of carbonyl (C=O) groups excluding carboxylic acids is 2. The van der Waals surface area contributed by atoms with Crippen molar-refractivity contribution in [2.75, 3.05) is 44.0 Å². The monoisotopic (exact) mass is 459 g/mol. The second kappa shape index (κ2) is 11.0. The molecule has 1 saturated heterocycles. The number of amides is 2. The molecule has 3 aromatic carbocycles. The van der Waals surface area contributed by atoms with Crippen molar-refractivity contribution >= 4 is 23.2 Å². The normalized spacial score (nSPS) is 14.8. The average molecular weight is 460 g/mol. The van der Waals surface area contributed by atoms with Gasteiger partial charge in [-0.3, -0.25) is 14.5 Å². The molecule has 4 rings (SSSR count). The van der Waals surface area contributed by atoms with E-state index in [4.69, 9.17) is 9.47 Å². The third kappa shape index (κ3) is 5.62. The Labute approximate surface area is 199 Å². The Morgan fingerprint density at radius 2 is 1.56 bits per heavy atom. The predicted molar refractivity (Wildman–Crippen MR) is 133 cm³/mol. The summed E-state index contributed by atoms with van der Waals surface area (Å²) in [5, 5.41) is 5.87. The second-order valence-electron chi connectivity index (χ2n) is 8.12. The summed E-state index contributed by atoms with van der Waals surface area (Å²) in [6.45, 7) is 4.50. The van der Waals surface area contributed by atoms with Gasteiger partial charge in [-0.25, -0.2) is 0 Å². The van der Waals surface area contributed by atoms with Crippen molar-refractivity contribution in [1.29, 1.82) is 0 Å². The molecule has 7 heteroatoms. The van der Waals surface area contributed by atoms with Crippen molar-refractivity contribution in [2.24, 2.45) is 0 Å². The van der Waals surface area contributed by atoms with E-state index in [2.05, 4.69) is 15.5 Å². The molecule has 176 valence electrons. The number of nitrogens with one attached hydrogen (secondary N) is 2. The smallest absolute Gasteiger partial charge is 0.255 e. The molecule has 0 aliphatic carbocycles. The van der Waals surface area contributed by atoms with Crippen molar-refractivity contribution in [3.05, 3.63) is 78.4 Å². The first kappa shape index (κ1) is 23.5. The Kier molecular flexibility index (Phi) is 7.57. The number of carbonyl (C=O) groups is 2. The Balaban J connectivity index is 1.49. The number of hydrogen-bond donors (Lipinski definition) is 2. The molecule has 34 heavy (non-hydrogen) atoms. The number of nitrogens with zero attached hydrogens (tertiary/aromatic N) is 1. The second-order valence-corrected chi connectivity index (χ2v) is 8.12. The molecule has 1 atom stereocenters. The summed E-state index contributed by atoms with van der Waals surface area (Å²) in [7, 11) is 1.56. The van der Waals surface area contributed by atoms with Crippen LogP contribution in [0.2, 0.25) is 0 Å². The summed E-state index contributed by atoms with van der Waals surface area (Å²) >= 11 is 0. The third-order valence-electron chi connectivity index (χ3n) is 5.96. The van der Waals surface area contributed by atoms with Gasteiger partial charge in [0.1, 0.15) is 5.75 Å². The van der Waals surface area contributed by atoms with Crippen molar-refractivity contribution in [1.82, 2.24) is 4.90 Å². The highest BCUT2D eigenvalue weighted by molar-refractivity contribution is 6.08. The first-order valence-electron chi connectivity index (χ1n) is 11.3. The quantitative estimate of drug-likeness (QED) is 0.552. The SMILES string of the molecule is COc1ccc(NC(=O)c2ccc(-c3ccccc3)cc2)c(NC(=O)[C@H](C)N2CCOCC2)c1. The lowest BCUT2D eigenvalue weighted by Gasteiger charge is -2.31. The van der Waals surface area contributed by atoms with Crippen LogP contribution in [0.5, 0.6) is 5.75 Å². The Bertz CT molecular complexity index is 1130. The maximum absolute atomic E-state index is 13.0. The predicted octanol–water partition coefficient (Wildman–Crippen LogP) is 4.27. The van der Waals surface area contributed by atoms with E-state index in [-0.39, 0.29) is 17.9 Å². The molecule has 1 fully saturated rings. The van der Waals surface area contributed by atoms with E-state index < -0.39 is 0 Å². The highest BCUT2D eigenvalue weighted by atomic mass is 16.5. The number of rotatable bonds is 7. The molecular weight excluding hydrogens is 430 g/mol. The molecule has 7 nitrogen and oxygen atoms in total. The van der Waals surface area contributed by atoms with Crippen LogP contribution >= 0.6 is 0 Å². The number of methoxy groups -OCH3 is 1. The molecule has 1 aliphatic rings. The summed E-state index contributed by atoms with van der Waals surface area (Å²) in [6, 6.07) is 22.3. The average Bonchev–Trinajstić information content (AvgIpc) is 2.90. The largest absolute Gasteiger partial charge is 0.497 e. The van der Waals surface area contributed by atoms with Gasteiger partial charge in [0.15, 0.2) is 0 Å². The molecule has 0 spiro atoms. The van der Waals surface area contributed by atoms with E-state index in [0.717, 1.165) is 11.1 Å². The fraction of sp³-hybridized carbons (Fsp3) is 0.259. The van der Waals surface area contributed by atoms with Crippen LogP contribution < -0.4 is 15.4 Å². The van der Waals surface area contributed by atoms with E-state index >= 15 is 0 Å². The van der Waals surface area contributed by atoms with E-state index in [1.807, 2.05) is 49.4 Å². The summed E-state index contributed by atoms with van der Waals surface area (Å²) in [4.78, 5) is 28.0. The molecule has 1 heterocycles. The van der Waals surface area contributed by atoms with E-state index in [0.29, 0.717) is 49.0 Å². The molecule has 1 aliphatic heterocycles. The Morgan fingerprint density at radius 1 is 0.882 bits per heavy atom. The van der Waals surface area contributed by atoms with Crippen LogP contribution in [0, 0.1) is 0 Å². The number of benzene rings is 3. The summed E-state index contributed by atoms with van der Waals surface area (Å²) in [5.74, 6) is 0.166. The van der Waals surface area contributed by atoms with Gasteiger partial charge < -0.3 is 20.1 Å². The van der Waals surface area contributed by atoms with Gasteiger partial charge in [-0.15, -0.1) is 0 Å². The maximum atomic E-state index is 13.0. The highest BCUT2D eigenvalue weighted by Gasteiger charge is 2.24. The topological polar surface area (TPSA) is 79.9 Å². The molecule has 0 bridgehead atoms. The highest BCUT2D eigenvalue weighted by Crippen LogP contribution is 2.28. The Hall–Kier alpha value is -3.68. The van der Waals surface area contributed by atoms with Crippen LogP contribution in [-0.4, -0.2) is 56.2 Å². The van der Waals surface area contributed by atoms with Crippen LogP contribution in [0.3, 0.4) is 0 Å². The lowest BCUT2D eigenvalue weighted by Crippen LogP contribution is -2.47. The van der Waals surface area contributed by atoms with Crippen molar-refractivity contribution in [2.45, 2.75) is 13.0 Å². The van der Waals surface area contributed by atoms with Crippen molar-refractivity contribution in [3.8, 4) is 16.9 Å². The van der Waals surface area contributed by atoms with Crippen LogP contribution in [0.25, 0.3) is 11.1 Å². The minimum atomic E-state index is -0.329. The summed E-state index contributed by atoms with van der Waals surface area (Å²) in [6.07, 6.45) is 0. The zero-order valence-electron chi connectivity index (χ0n) is 19.4. The molecule has 0 unspecified atom stereocenters. The van der Waals surface area contributed by atoms with E-state index in [9.17, 15) is 9.59 Å². The number of hydrogen-bond acceptors (Lipinski definition) is 5. The molecule has 2 N–H and O–H groups in total.